The van der Waals surface area contributed by atoms with Crippen LogP contribution in [0.5, 0.6) is 0 Å². The summed E-state index contributed by atoms with van der Waals surface area (Å²) in [6.07, 6.45) is 10.0. The van der Waals surface area contributed by atoms with Crippen molar-refractivity contribution >= 4 is 5.97 Å². The molecule has 0 aliphatic heterocycles. The highest BCUT2D eigenvalue weighted by Crippen LogP contribution is 2.42. The Morgan fingerprint density at radius 3 is 3.18 bits per heavy atom. The van der Waals surface area contributed by atoms with E-state index in [9.17, 15) is 4.79 Å². The lowest BCUT2D eigenvalue weighted by Gasteiger charge is -2.36. The maximum absolute atomic E-state index is 11.5. The highest BCUT2D eigenvalue weighted by Gasteiger charge is 2.30. The molecule has 94 valence electrons. The van der Waals surface area contributed by atoms with Gasteiger partial charge >= 0.3 is 5.97 Å². The van der Waals surface area contributed by atoms with E-state index in [1.54, 1.807) is 6.08 Å². The van der Waals surface area contributed by atoms with Crippen LogP contribution in [0.3, 0.4) is 0 Å². The van der Waals surface area contributed by atoms with E-state index in [4.69, 9.17) is 4.74 Å². The molecule has 0 amide bonds. The summed E-state index contributed by atoms with van der Waals surface area (Å²) in [4.78, 5) is 11.5. The molecule has 0 heterocycles. The van der Waals surface area contributed by atoms with Gasteiger partial charge in [-0.05, 0) is 57.8 Å². The number of carbonyl (C=O) groups excluding carboxylic acids is 1. The summed E-state index contributed by atoms with van der Waals surface area (Å²) in [5, 5.41) is 0. The molecule has 2 rings (SSSR count). The fourth-order valence-corrected chi connectivity index (χ4v) is 3.19. The van der Waals surface area contributed by atoms with Gasteiger partial charge in [0.05, 0.1) is 6.61 Å². The molecule has 1 saturated carbocycles. The first kappa shape index (κ1) is 12.4. The molecule has 0 N–H and O–H groups in total. The summed E-state index contributed by atoms with van der Waals surface area (Å²) in [7, 11) is 0. The molecule has 1 fully saturated rings. The average Bonchev–Trinajstić information content (AvgIpc) is 2.29. The van der Waals surface area contributed by atoms with Crippen LogP contribution < -0.4 is 0 Å². The fourth-order valence-electron chi connectivity index (χ4n) is 3.19. The van der Waals surface area contributed by atoms with Crippen molar-refractivity contribution in [2.24, 2.45) is 11.8 Å². The van der Waals surface area contributed by atoms with E-state index in [-0.39, 0.29) is 5.97 Å². The topological polar surface area (TPSA) is 26.3 Å². The van der Waals surface area contributed by atoms with Crippen LogP contribution in [0.2, 0.25) is 0 Å². The first-order chi connectivity index (χ1) is 8.20. The molecule has 0 bridgehead atoms. The maximum atomic E-state index is 11.5. The molecule has 0 saturated heterocycles. The van der Waals surface area contributed by atoms with Crippen LogP contribution in [0.1, 0.15) is 46.0 Å². The zero-order chi connectivity index (χ0) is 12.3. The van der Waals surface area contributed by atoms with Crippen LogP contribution in [-0.2, 0) is 9.53 Å². The smallest absolute Gasteiger partial charge is 0.330 e. The fraction of sp³-hybridized carbons (Fsp3) is 0.667. The third-order valence-electron chi connectivity index (χ3n) is 3.98. The highest BCUT2D eigenvalue weighted by atomic mass is 16.5. The second kappa shape index (κ2) is 5.52. The minimum atomic E-state index is -0.158. The van der Waals surface area contributed by atoms with Gasteiger partial charge in [0.15, 0.2) is 0 Å². The van der Waals surface area contributed by atoms with Crippen molar-refractivity contribution in [2.75, 3.05) is 6.61 Å². The lowest BCUT2D eigenvalue weighted by Crippen LogP contribution is -2.25. The van der Waals surface area contributed by atoms with Crippen molar-refractivity contribution < 1.29 is 9.53 Å². The predicted molar refractivity (Wildman–Crippen MR) is 68.5 cm³/mol. The van der Waals surface area contributed by atoms with Gasteiger partial charge in [-0.2, -0.15) is 0 Å². The van der Waals surface area contributed by atoms with Crippen molar-refractivity contribution in [2.45, 2.75) is 46.0 Å². The van der Waals surface area contributed by atoms with Crippen molar-refractivity contribution in [3.63, 3.8) is 0 Å². The van der Waals surface area contributed by atoms with Crippen LogP contribution in [-0.4, -0.2) is 12.6 Å². The molecule has 2 atom stereocenters. The molecule has 0 aromatic rings. The van der Waals surface area contributed by atoms with E-state index < -0.39 is 0 Å². The Kier molecular flexibility index (Phi) is 4.03. The van der Waals surface area contributed by atoms with Gasteiger partial charge in [-0.15, -0.1) is 0 Å². The van der Waals surface area contributed by atoms with E-state index in [2.05, 4.69) is 13.0 Å². The summed E-state index contributed by atoms with van der Waals surface area (Å²) in [5.74, 6) is 1.20. The van der Waals surface area contributed by atoms with Gasteiger partial charge in [-0.1, -0.05) is 17.2 Å². The lowest BCUT2D eigenvalue weighted by atomic mass is 9.69. The van der Waals surface area contributed by atoms with Crippen LogP contribution in [0, 0.1) is 11.8 Å². The highest BCUT2D eigenvalue weighted by molar-refractivity contribution is 5.82. The first-order valence-corrected chi connectivity index (χ1v) is 6.73. The van der Waals surface area contributed by atoms with E-state index in [0.29, 0.717) is 12.5 Å². The maximum Gasteiger partial charge on any atom is 0.330 e. The number of fused-ring (bicyclic) bond motifs is 1. The Morgan fingerprint density at radius 1 is 1.59 bits per heavy atom. The molecule has 2 aliphatic rings. The Morgan fingerprint density at radius 2 is 2.41 bits per heavy atom. The van der Waals surface area contributed by atoms with Crippen molar-refractivity contribution in [1.29, 1.82) is 0 Å². The number of hydrogen-bond acceptors (Lipinski definition) is 2. The number of rotatable bonds is 2. The largest absolute Gasteiger partial charge is 0.463 e. The number of carbonyl (C=O) groups is 1. The first-order valence-electron chi connectivity index (χ1n) is 6.73. The van der Waals surface area contributed by atoms with E-state index in [1.165, 1.54) is 30.4 Å². The molecule has 2 aliphatic carbocycles. The molecule has 0 radical (unpaired) electrons. The molecule has 17 heavy (non-hydrogen) atoms. The Hall–Kier alpha value is -1.05. The third-order valence-corrected chi connectivity index (χ3v) is 3.98. The zero-order valence-corrected chi connectivity index (χ0v) is 10.9. The van der Waals surface area contributed by atoms with Gasteiger partial charge in [0, 0.05) is 6.08 Å². The van der Waals surface area contributed by atoms with E-state index in [0.717, 1.165) is 18.8 Å². The Bertz CT molecular complexity index is 352. The van der Waals surface area contributed by atoms with Gasteiger partial charge in [-0.25, -0.2) is 4.79 Å². The van der Waals surface area contributed by atoms with Crippen LogP contribution in [0.15, 0.2) is 23.3 Å². The normalized spacial score (nSPS) is 30.7. The molecule has 2 nitrogen and oxygen atoms in total. The summed E-state index contributed by atoms with van der Waals surface area (Å²) in [5.41, 5.74) is 2.84. The number of esters is 1. The quantitative estimate of drug-likeness (QED) is 0.414. The minimum absolute atomic E-state index is 0.158. The predicted octanol–water partition coefficient (Wildman–Crippen LogP) is 3.63. The van der Waals surface area contributed by atoms with Gasteiger partial charge in [-0.3, -0.25) is 0 Å². The third kappa shape index (κ3) is 2.99. The van der Waals surface area contributed by atoms with E-state index >= 15 is 0 Å². The summed E-state index contributed by atoms with van der Waals surface area (Å²) < 4.78 is 5.01. The lowest BCUT2D eigenvalue weighted by molar-refractivity contribution is -0.137. The molecule has 0 aromatic carbocycles. The number of hydrogen-bond donors (Lipinski definition) is 0. The molecule has 0 spiro atoms. The van der Waals surface area contributed by atoms with Crippen molar-refractivity contribution in [1.82, 2.24) is 0 Å². The van der Waals surface area contributed by atoms with Crippen LogP contribution in [0.25, 0.3) is 0 Å². The standard InChI is InChI=1S/C15H22O2/c1-3-17-15(16)10-13-6-4-5-12-9-11(2)7-8-14(12)13/h7,10,12,14H,3-6,8-9H2,1-2H3/b13-10-/t12-,14-/m1/s1. The monoisotopic (exact) mass is 234 g/mol. The van der Waals surface area contributed by atoms with Crippen molar-refractivity contribution in [3.8, 4) is 0 Å². The molecule has 2 heteroatoms. The Labute approximate surface area is 104 Å². The van der Waals surface area contributed by atoms with Crippen LogP contribution in [0.4, 0.5) is 0 Å². The minimum Gasteiger partial charge on any atom is -0.463 e. The van der Waals surface area contributed by atoms with E-state index in [1.807, 2.05) is 6.92 Å². The second-order valence-corrected chi connectivity index (χ2v) is 5.22. The molecular weight excluding hydrogens is 212 g/mol. The number of ether oxygens (including phenoxy) is 1. The SMILES string of the molecule is CCOC(=O)/C=C1/CCC[C@@H]2CC(C)=CC[C@@H]12. The summed E-state index contributed by atoms with van der Waals surface area (Å²) in [6.45, 7) is 4.54. The zero-order valence-electron chi connectivity index (χ0n) is 10.9. The molecule has 0 unspecified atom stereocenters. The van der Waals surface area contributed by atoms with Gasteiger partial charge in [0.2, 0.25) is 0 Å². The van der Waals surface area contributed by atoms with Gasteiger partial charge in [0.1, 0.15) is 0 Å². The number of allylic oxidation sites excluding steroid dienone is 3. The Balaban J connectivity index is 2.10. The summed E-state index contributed by atoms with van der Waals surface area (Å²) >= 11 is 0. The average molecular weight is 234 g/mol. The second-order valence-electron chi connectivity index (χ2n) is 5.22. The summed E-state index contributed by atoms with van der Waals surface area (Å²) in [6, 6.07) is 0. The van der Waals surface area contributed by atoms with Gasteiger partial charge in [0.25, 0.3) is 0 Å². The van der Waals surface area contributed by atoms with Gasteiger partial charge < -0.3 is 4.74 Å². The van der Waals surface area contributed by atoms with Crippen LogP contribution >= 0.6 is 0 Å². The van der Waals surface area contributed by atoms with Crippen molar-refractivity contribution in [3.05, 3.63) is 23.3 Å². The molecular formula is C15H22O2. The molecule has 0 aromatic heterocycles.